The van der Waals surface area contributed by atoms with Gasteiger partial charge in [0.25, 0.3) is 15.7 Å². The van der Waals surface area contributed by atoms with Crippen molar-refractivity contribution >= 4 is 27.5 Å². The molecule has 3 amide bonds. The Bertz CT molecular complexity index is 1090. The van der Waals surface area contributed by atoms with Crippen molar-refractivity contribution in [1.29, 1.82) is 0 Å². The van der Waals surface area contributed by atoms with Gasteiger partial charge in [-0.15, -0.1) is 0 Å². The van der Waals surface area contributed by atoms with Crippen molar-refractivity contribution in [2.24, 2.45) is 0 Å². The molecule has 0 spiro atoms. The number of sulfone groups is 1. The number of nitrogens with zero attached hydrogens (tertiary/aromatic N) is 3. The highest BCUT2D eigenvalue weighted by Gasteiger charge is 2.47. The number of anilines is 1. The van der Waals surface area contributed by atoms with Gasteiger partial charge in [-0.3, -0.25) is 9.78 Å². The van der Waals surface area contributed by atoms with E-state index in [2.05, 4.69) is 4.98 Å². The number of carbonyl (C=O) groups is 2. The molecule has 1 aliphatic heterocycles. The molecule has 1 aliphatic rings. The van der Waals surface area contributed by atoms with Crippen molar-refractivity contribution in [3.05, 3.63) is 53.9 Å². The number of imide groups is 1. The van der Waals surface area contributed by atoms with Crippen LogP contribution in [0.15, 0.2) is 47.5 Å². The molecule has 3 rings (SSSR count). The fourth-order valence-electron chi connectivity index (χ4n) is 2.97. The number of urea groups is 1. The second kappa shape index (κ2) is 7.69. The third-order valence-corrected chi connectivity index (χ3v) is 6.09. The third kappa shape index (κ3) is 3.75. The Morgan fingerprint density at radius 1 is 1.13 bits per heavy atom. The number of alkyl halides is 3. The zero-order valence-corrected chi connectivity index (χ0v) is 16.3. The van der Waals surface area contributed by atoms with Gasteiger partial charge in [-0.25, -0.2) is 18.1 Å². The van der Waals surface area contributed by atoms with Gasteiger partial charge in [-0.2, -0.15) is 13.2 Å². The molecular weight excluding hydrogens is 427 g/mol. The number of halogens is 3. The molecule has 1 aromatic carbocycles. The molecule has 1 N–H and O–H groups in total. The molecule has 0 radical (unpaired) electrons. The van der Waals surface area contributed by atoms with E-state index in [1.807, 2.05) is 0 Å². The summed E-state index contributed by atoms with van der Waals surface area (Å²) < 4.78 is 61.0. The van der Waals surface area contributed by atoms with Crippen molar-refractivity contribution in [3.8, 4) is 0 Å². The standard InChI is InChI=1S/C18H16F3N3O5S/c1-11-16(26)24(14-2-4-15(5-3-14)30(28,29)18(19,20)21)17(27)23(11)9-12-6-7-22-13(8-12)10-25/h2-8,11,25H,9-10H2,1H3. The summed E-state index contributed by atoms with van der Waals surface area (Å²) in [6.07, 6.45) is 1.45. The van der Waals surface area contributed by atoms with Gasteiger partial charge in [-0.1, -0.05) is 0 Å². The Morgan fingerprint density at radius 3 is 2.33 bits per heavy atom. The van der Waals surface area contributed by atoms with Crippen LogP contribution in [0.2, 0.25) is 0 Å². The fraction of sp³-hybridized carbons (Fsp3) is 0.278. The Balaban J connectivity index is 1.86. The lowest BCUT2D eigenvalue weighted by Crippen LogP contribution is -2.33. The fourth-order valence-corrected chi connectivity index (χ4v) is 3.73. The molecule has 1 unspecified atom stereocenters. The van der Waals surface area contributed by atoms with Gasteiger partial charge in [0, 0.05) is 12.7 Å². The summed E-state index contributed by atoms with van der Waals surface area (Å²) >= 11 is 0. The van der Waals surface area contributed by atoms with Crippen LogP contribution in [-0.2, 0) is 27.8 Å². The summed E-state index contributed by atoms with van der Waals surface area (Å²) in [6.45, 7) is 1.24. The van der Waals surface area contributed by atoms with E-state index in [9.17, 15) is 36.3 Å². The van der Waals surface area contributed by atoms with E-state index in [0.717, 1.165) is 17.0 Å². The zero-order valence-electron chi connectivity index (χ0n) is 15.5. The lowest BCUT2D eigenvalue weighted by Gasteiger charge is -2.19. The monoisotopic (exact) mass is 443 g/mol. The van der Waals surface area contributed by atoms with Gasteiger partial charge >= 0.3 is 11.5 Å². The van der Waals surface area contributed by atoms with Crippen molar-refractivity contribution < 1.29 is 36.3 Å². The topological polar surface area (TPSA) is 108 Å². The molecule has 8 nitrogen and oxygen atoms in total. The number of pyridine rings is 1. The predicted molar refractivity (Wildman–Crippen MR) is 97.7 cm³/mol. The van der Waals surface area contributed by atoms with Gasteiger partial charge in [-0.05, 0) is 48.9 Å². The Hall–Kier alpha value is -2.99. The number of rotatable bonds is 5. The highest BCUT2D eigenvalue weighted by Crippen LogP contribution is 2.32. The average Bonchev–Trinajstić information content (AvgIpc) is 2.90. The largest absolute Gasteiger partial charge is 0.501 e. The van der Waals surface area contributed by atoms with Crippen LogP contribution in [0.3, 0.4) is 0 Å². The van der Waals surface area contributed by atoms with Gasteiger partial charge < -0.3 is 10.0 Å². The van der Waals surface area contributed by atoms with Crippen LogP contribution in [0, 0.1) is 0 Å². The molecule has 0 saturated carbocycles. The minimum Gasteiger partial charge on any atom is -0.390 e. The molecular formula is C18H16F3N3O5S. The van der Waals surface area contributed by atoms with Gasteiger partial charge in [0.15, 0.2) is 0 Å². The summed E-state index contributed by atoms with van der Waals surface area (Å²) in [4.78, 5) is 30.4. The van der Waals surface area contributed by atoms with Crippen molar-refractivity contribution in [2.45, 2.75) is 36.5 Å². The Kier molecular flexibility index (Phi) is 5.56. The number of aliphatic hydroxyl groups excluding tert-OH is 1. The molecule has 1 atom stereocenters. The summed E-state index contributed by atoms with van der Waals surface area (Å²) in [5, 5.41) is 9.17. The first-order chi connectivity index (χ1) is 14.0. The van der Waals surface area contributed by atoms with Crippen molar-refractivity contribution in [3.63, 3.8) is 0 Å². The molecule has 1 aromatic heterocycles. The van der Waals surface area contributed by atoms with Gasteiger partial charge in [0.1, 0.15) is 6.04 Å². The highest BCUT2D eigenvalue weighted by atomic mass is 32.2. The van der Waals surface area contributed by atoms with E-state index in [1.165, 1.54) is 18.0 Å². The van der Waals surface area contributed by atoms with Gasteiger partial charge in [0.2, 0.25) is 0 Å². The predicted octanol–water partition coefficient (Wildman–Crippen LogP) is 2.22. The number of aromatic nitrogens is 1. The van der Waals surface area contributed by atoms with Crippen LogP contribution in [0.4, 0.5) is 23.7 Å². The number of hydrogen-bond acceptors (Lipinski definition) is 6. The summed E-state index contributed by atoms with van der Waals surface area (Å²) in [5.74, 6) is -0.608. The van der Waals surface area contributed by atoms with Crippen molar-refractivity contribution in [2.75, 3.05) is 4.90 Å². The summed E-state index contributed by atoms with van der Waals surface area (Å²) in [7, 11) is -5.54. The number of aliphatic hydroxyl groups is 1. The first kappa shape index (κ1) is 21.7. The van der Waals surface area contributed by atoms with Crippen molar-refractivity contribution in [1.82, 2.24) is 9.88 Å². The van der Waals surface area contributed by atoms with Gasteiger partial charge in [0.05, 0.1) is 22.9 Å². The van der Waals surface area contributed by atoms with E-state index in [1.54, 1.807) is 12.1 Å². The Labute approximate surface area is 169 Å². The molecule has 30 heavy (non-hydrogen) atoms. The van der Waals surface area contributed by atoms with E-state index < -0.39 is 38.2 Å². The molecule has 12 heteroatoms. The van der Waals surface area contributed by atoms with Crippen LogP contribution in [0.1, 0.15) is 18.2 Å². The Morgan fingerprint density at radius 2 is 1.77 bits per heavy atom. The maximum atomic E-state index is 12.8. The second-order valence-corrected chi connectivity index (χ2v) is 8.46. The number of benzene rings is 1. The SMILES string of the molecule is CC1C(=O)N(c2ccc(S(=O)(=O)C(F)(F)F)cc2)C(=O)N1Cc1ccnc(CO)c1. The molecule has 1 saturated heterocycles. The number of amides is 3. The normalized spacial score (nSPS) is 17.7. The smallest absolute Gasteiger partial charge is 0.390 e. The second-order valence-electron chi connectivity index (χ2n) is 6.52. The summed E-state index contributed by atoms with van der Waals surface area (Å²) in [6, 6.07) is 4.96. The van der Waals surface area contributed by atoms with E-state index >= 15 is 0 Å². The lowest BCUT2D eigenvalue weighted by molar-refractivity contribution is -0.119. The molecule has 160 valence electrons. The third-order valence-electron chi connectivity index (χ3n) is 4.59. The molecule has 1 fully saturated rings. The highest BCUT2D eigenvalue weighted by molar-refractivity contribution is 7.92. The van der Waals surface area contributed by atoms with E-state index in [-0.39, 0.29) is 18.8 Å². The van der Waals surface area contributed by atoms with Crippen LogP contribution in [0.5, 0.6) is 0 Å². The van der Waals surface area contributed by atoms with Crippen LogP contribution in [-0.4, -0.2) is 46.9 Å². The minimum absolute atomic E-state index is 0.0400. The quantitative estimate of drug-likeness (QED) is 0.710. The number of carbonyl (C=O) groups excluding carboxylic acids is 2. The van der Waals surface area contributed by atoms with Crippen LogP contribution >= 0.6 is 0 Å². The average molecular weight is 443 g/mol. The first-order valence-corrected chi connectivity index (χ1v) is 10.1. The first-order valence-electron chi connectivity index (χ1n) is 8.58. The molecule has 2 aromatic rings. The zero-order chi connectivity index (χ0) is 22.3. The molecule has 0 bridgehead atoms. The van der Waals surface area contributed by atoms with Crippen LogP contribution in [0.25, 0.3) is 0 Å². The van der Waals surface area contributed by atoms with E-state index in [4.69, 9.17) is 0 Å². The van der Waals surface area contributed by atoms with E-state index in [0.29, 0.717) is 23.4 Å². The lowest BCUT2D eigenvalue weighted by atomic mass is 10.2. The molecule has 2 heterocycles. The molecule has 0 aliphatic carbocycles. The number of hydrogen-bond donors (Lipinski definition) is 1. The summed E-state index contributed by atoms with van der Waals surface area (Å²) in [5.41, 5.74) is -4.50. The maximum Gasteiger partial charge on any atom is 0.501 e. The van der Waals surface area contributed by atoms with Crippen LogP contribution < -0.4 is 4.90 Å². The minimum atomic E-state index is -5.54. The maximum absolute atomic E-state index is 12.8.